The van der Waals surface area contributed by atoms with Crippen molar-refractivity contribution in [3.8, 4) is 6.07 Å². The highest BCUT2D eigenvalue weighted by atomic mass is 16.6. The molecule has 0 aliphatic heterocycles. The van der Waals surface area contributed by atoms with Crippen molar-refractivity contribution in [3.63, 3.8) is 0 Å². The highest BCUT2D eigenvalue weighted by molar-refractivity contribution is 5.67. The van der Waals surface area contributed by atoms with Crippen LogP contribution in [0, 0.1) is 17.2 Å². The predicted molar refractivity (Wildman–Crippen MR) is 49.0 cm³/mol. The first-order valence-corrected chi connectivity index (χ1v) is 4.21. The zero-order chi connectivity index (χ0) is 10.5. The monoisotopic (exact) mass is 184 g/mol. The minimum atomic E-state index is -0.486. The van der Waals surface area contributed by atoms with E-state index in [1.807, 2.05) is 6.07 Å². The van der Waals surface area contributed by atoms with E-state index in [2.05, 4.69) is 5.32 Å². The van der Waals surface area contributed by atoms with Crippen molar-refractivity contribution in [2.75, 3.05) is 6.54 Å². The number of nitrogens with zero attached hydrogens (tertiary/aromatic N) is 1. The van der Waals surface area contributed by atoms with E-state index in [0.717, 1.165) is 0 Å². The molecule has 4 heteroatoms. The van der Waals surface area contributed by atoms with Gasteiger partial charge in [0.25, 0.3) is 0 Å². The fraction of sp³-hybridized carbons (Fsp3) is 0.778. The lowest BCUT2D eigenvalue weighted by Crippen LogP contribution is -2.34. The van der Waals surface area contributed by atoms with Crippen molar-refractivity contribution in [2.45, 2.75) is 33.3 Å². The molecule has 74 valence electrons. The number of hydrogen-bond acceptors (Lipinski definition) is 3. The normalized spacial score (nSPS) is 12.8. The number of nitrogens with one attached hydrogen (secondary N) is 1. The zero-order valence-corrected chi connectivity index (χ0v) is 8.55. The van der Waals surface area contributed by atoms with Crippen LogP contribution in [-0.4, -0.2) is 18.2 Å². The first-order valence-electron chi connectivity index (χ1n) is 4.21. The van der Waals surface area contributed by atoms with Crippen LogP contribution in [0.5, 0.6) is 0 Å². The number of amides is 1. The lowest BCUT2D eigenvalue weighted by Gasteiger charge is -2.19. The van der Waals surface area contributed by atoms with Crippen LogP contribution in [-0.2, 0) is 4.74 Å². The Bertz CT molecular complexity index is 213. The van der Waals surface area contributed by atoms with E-state index in [1.165, 1.54) is 0 Å². The summed E-state index contributed by atoms with van der Waals surface area (Å²) >= 11 is 0. The van der Waals surface area contributed by atoms with Gasteiger partial charge in [-0.3, -0.25) is 0 Å². The van der Waals surface area contributed by atoms with Gasteiger partial charge in [-0.2, -0.15) is 5.26 Å². The van der Waals surface area contributed by atoms with Gasteiger partial charge in [-0.15, -0.1) is 0 Å². The number of ether oxygens (including phenoxy) is 1. The Morgan fingerprint density at radius 3 is 2.54 bits per heavy atom. The molecule has 13 heavy (non-hydrogen) atoms. The van der Waals surface area contributed by atoms with Gasteiger partial charge in [0, 0.05) is 6.54 Å². The summed E-state index contributed by atoms with van der Waals surface area (Å²) in [5.74, 6) is -0.187. The number of carbonyl (C=O) groups excluding carboxylic acids is 1. The summed E-state index contributed by atoms with van der Waals surface area (Å²) in [6.45, 7) is 7.43. The first-order chi connectivity index (χ1) is 5.85. The molecule has 0 rings (SSSR count). The third-order valence-electron chi connectivity index (χ3n) is 1.17. The van der Waals surface area contributed by atoms with E-state index in [4.69, 9.17) is 10.00 Å². The molecule has 0 aliphatic carbocycles. The maximum atomic E-state index is 11.0. The highest BCUT2D eigenvalue weighted by Gasteiger charge is 2.15. The summed E-state index contributed by atoms with van der Waals surface area (Å²) in [5.41, 5.74) is -0.486. The minimum absolute atomic E-state index is 0.187. The molecule has 1 amide bonds. The van der Waals surface area contributed by atoms with Crippen LogP contribution < -0.4 is 5.32 Å². The van der Waals surface area contributed by atoms with E-state index in [0.29, 0.717) is 6.54 Å². The highest BCUT2D eigenvalue weighted by Crippen LogP contribution is 2.06. The average molecular weight is 184 g/mol. The molecule has 0 bridgehead atoms. The van der Waals surface area contributed by atoms with E-state index in [1.54, 1.807) is 27.7 Å². The van der Waals surface area contributed by atoms with E-state index >= 15 is 0 Å². The molecular formula is C9H16N2O2. The van der Waals surface area contributed by atoms with Crippen molar-refractivity contribution < 1.29 is 9.53 Å². The van der Waals surface area contributed by atoms with Crippen LogP contribution in [0.15, 0.2) is 0 Å². The van der Waals surface area contributed by atoms with Gasteiger partial charge in [0.2, 0.25) is 0 Å². The number of nitriles is 1. The third-order valence-corrected chi connectivity index (χ3v) is 1.17. The molecule has 0 aromatic rings. The van der Waals surface area contributed by atoms with E-state index in [9.17, 15) is 4.79 Å². The topological polar surface area (TPSA) is 62.1 Å². The van der Waals surface area contributed by atoms with Gasteiger partial charge >= 0.3 is 6.09 Å². The van der Waals surface area contributed by atoms with Gasteiger partial charge in [-0.25, -0.2) is 4.79 Å². The zero-order valence-electron chi connectivity index (χ0n) is 8.55. The van der Waals surface area contributed by atoms with Crippen LogP contribution in [0.3, 0.4) is 0 Å². The largest absolute Gasteiger partial charge is 0.444 e. The summed E-state index contributed by atoms with van der Waals surface area (Å²) in [7, 11) is 0. The fourth-order valence-electron chi connectivity index (χ4n) is 0.596. The number of carbonyl (C=O) groups is 1. The van der Waals surface area contributed by atoms with Crippen LogP contribution >= 0.6 is 0 Å². The third kappa shape index (κ3) is 7.13. The van der Waals surface area contributed by atoms with Crippen molar-refractivity contribution >= 4 is 6.09 Å². The van der Waals surface area contributed by atoms with Crippen molar-refractivity contribution in [3.05, 3.63) is 0 Å². The molecule has 0 saturated carbocycles. The molecule has 0 radical (unpaired) electrons. The Balaban J connectivity index is 3.72. The lowest BCUT2D eigenvalue weighted by molar-refractivity contribution is 0.0524. The summed E-state index contributed by atoms with van der Waals surface area (Å²) in [6.07, 6.45) is -0.477. The Kier molecular flexibility index (Phi) is 4.26. The van der Waals surface area contributed by atoms with Gasteiger partial charge in [-0.1, -0.05) is 0 Å². The minimum Gasteiger partial charge on any atom is -0.444 e. The molecule has 1 atom stereocenters. The van der Waals surface area contributed by atoms with E-state index in [-0.39, 0.29) is 5.92 Å². The summed E-state index contributed by atoms with van der Waals surface area (Å²) in [6, 6.07) is 2.01. The quantitative estimate of drug-likeness (QED) is 0.710. The summed E-state index contributed by atoms with van der Waals surface area (Å²) in [4.78, 5) is 11.0. The number of rotatable bonds is 2. The average Bonchev–Trinajstić information content (AvgIpc) is 1.97. The lowest BCUT2D eigenvalue weighted by atomic mass is 10.2. The predicted octanol–water partition coefficient (Wildman–Crippen LogP) is 1.67. The Hall–Kier alpha value is -1.24. The standard InChI is InChI=1S/C9H16N2O2/c1-7(5-10)6-11-8(12)13-9(2,3)4/h7H,6H2,1-4H3,(H,11,12). The van der Waals surface area contributed by atoms with Gasteiger partial charge in [0.1, 0.15) is 5.60 Å². The molecule has 1 N–H and O–H groups in total. The molecule has 0 aromatic heterocycles. The smallest absolute Gasteiger partial charge is 0.407 e. The molecule has 0 spiro atoms. The van der Waals surface area contributed by atoms with Crippen LogP contribution in [0.4, 0.5) is 4.79 Å². The molecule has 1 unspecified atom stereocenters. The second-order valence-electron chi connectivity index (χ2n) is 3.91. The molecule has 0 heterocycles. The van der Waals surface area contributed by atoms with Gasteiger partial charge < -0.3 is 10.1 Å². The van der Waals surface area contributed by atoms with Gasteiger partial charge in [-0.05, 0) is 27.7 Å². The molecule has 4 nitrogen and oxygen atoms in total. The molecular weight excluding hydrogens is 168 g/mol. The SMILES string of the molecule is CC(C#N)CNC(=O)OC(C)(C)C. The summed E-state index contributed by atoms with van der Waals surface area (Å²) in [5, 5.41) is 10.9. The number of alkyl carbamates (subject to hydrolysis) is 1. The van der Waals surface area contributed by atoms with Crippen molar-refractivity contribution in [1.82, 2.24) is 5.32 Å². The second-order valence-corrected chi connectivity index (χ2v) is 3.91. The molecule has 0 aliphatic rings. The Labute approximate surface area is 78.9 Å². The van der Waals surface area contributed by atoms with Crippen LogP contribution in [0.2, 0.25) is 0 Å². The molecule has 0 saturated heterocycles. The fourth-order valence-corrected chi connectivity index (χ4v) is 0.596. The Morgan fingerprint density at radius 1 is 1.62 bits per heavy atom. The van der Waals surface area contributed by atoms with Crippen LogP contribution in [0.1, 0.15) is 27.7 Å². The van der Waals surface area contributed by atoms with Crippen molar-refractivity contribution in [1.29, 1.82) is 5.26 Å². The van der Waals surface area contributed by atoms with Crippen LogP contribution in [0.25, 0.3) is 0 Å². The van der Waals surface area contributed by atoms with E-state index < -0.39 is 11.7 Å². The van der Waals surface area contributed by atoms with Crippen molar-refractivity contribution in [2.24, 2.45) is 5.92 Å². The maximum absolute atomic E-state index is 11.0. The second kappa shape index (κ2) is 4.70. The molecule has 0 aromatic carbocycles. The van der Waals surface area contributed by atoms with Gasteiger partial charge in [0.15, 0.2) is 0 Å². The Morgan fingerprint density at radius 2 is 2.15 bits per heavy atom. The first kappa shape index (κ1) is 11.8. The molecule has 0 fully saturated rings. The summed E-state index contributed by atoms with van der Waals surface area (Å²) < 4.78 is 4.97. The maximum Gasteiger partial charge on any atom is 0.407 e. The number of hydrogen-bond donors (Lipinski definition) is 1. The van der Waals surface area contributed by atoms with Gasteiger partial charge in [0.05, 0.1) is 12.0 Å².